The fourth-order valence-corrected chi connectivity index (χ4v) is 2.17. The van der Waals surface area contributed by atoms with E-state index >= 15 is 0 Å². The Morgan fingerprint density at radius 1 is 1.29 bits per heavy atom. The number of rotatable bonds is 1. The maximum Gasteiger partial charge on any atom is 0.196 e. The first-order valence-corrected chi connectivity index (χ1v) is 5.68. The van der Waals surface area contributed by atoms with E-state index in [1.807, 2.05) is 13.2 Å². The minimum absolute atomic E-state index is 0.521. The molecule has 0 aliphatic carbocycles. The van der Waals surface area contributed by atoms with Crippen molar-refractivity contribution < 1.29 is 0 Å². The summed E-state index contributed by atoms with van der Waals surface area (Å²) >= 11 is 5.05. The number of H-pyrrole nitrogens is 1. The Morgan fingerprint density at radius 2 is 2.12 bits per heavy atom. The third-order valence-electron chi connectivity index (χ3n) is 2.94. The zero-order valence-corrected chi connectivity index (χ0v) is 10.2. The predicted octanol–water partition coefficient (Wildman–Crippen LogP) is 2.42. The van der Waals surface area contributed by atoms with E-state index in [-0.39, 0.29) is 0 Å². The summed E-state index contributed by atoms with van der Waals surface area (Å²) in [6.07, 6.45) is 3.84. The van der Waals surface area contributed by atoms with Crippen LogP contribution >= 0.6 is 12.2 Å². The van der Waals surface area contributed by atoms with Gasteiger partial charge in [-0.15, -0.1) is 0 Å². The first-order valence-electron chi connectivity index (χ1n) is 5.27. The third kappa shape index (κ3) is 1.55. The Labute approximate surface area is 103 Å². The zero-order chi connectivity index (χ0) is 12.0. The van der Waals surface area contributed by atoms with Crippen LogP contribution in [-0.4, -0.2) is 14.2 Å². The topological polar surface area (TPSA) is 51.7 Å². The quantitative estimate of drug-likeness (QED) is 0.510. The van der Waals surface area contributed by atoms with Crippen LogP contribution < -0.4 is 5.84 Å². The van der Waals surface area contributed by atoms with Gasteiger partial charge in [0, 0.05) is 29.7 Å². The lowest BCUT2D eigenvalue weighted by Gasteiger charge is -1.99. The van der Waals surface area contributed by atoms with Gasteiger partial charge < -0.3 is 15.4 Å². The van der Waals surface area contributed by atoms with E-state index < -0.39 is 0 Å². The molecule has 0 saturated carbocycles. The van der Waals surface area contributed by atoms with Gasteiger partial charge in [-0.25, -0.2) is 4.68 Å². The molecular formula is C12H12N4S. The highest BCUT2D eigenvalue weighted by molar-refractivity contribution is 7.71. The Hall–Kier alpha value is -2.01. The van der Waals surface area contributed by atoms with Crippen molar-refractivity contribution in [3.05, 3.63) is 41.4 Å². The standard InChI is InChI=1S/C12H12N4S/c1-15-5-4-9-6-8(2-3-11(9)15)10-7-16(13)12(17)14-10/h2-7H,13H2,1H3,(H,14,17). The van der Waals surface area contributed by atoms with Crippen LogP contribution in [0.5, 0.6) is 0 Å². The van der Waals surface area contributed by atoms with Gasteiger partial charge in [-0.05, 0) is 30.4 Å². The van der Waals surface area contributed by atoms with Gasteiger partial charge in [0.25, 0.3) is 0 Å². The summed E-state index contributed by atoms with van der Waals surface area (Å²) in [7, 11) is 2.03. The first kappa shape index (κ1) is 10.2. The van der Waals surface area contributed by atoms with E-state index in [9.17, 15) is 0 Å². The Balaban J connectivity index is 2.21. The van der Waals surface area contributed by atoms with Crippen molar-refractivity contribution >= 4 is 23.1 Å². The van der Waals surface area contributed by atoms with Crippen molar-refractivity contribution in [2.75, 3.05) is 5.84 Å². The largest absolute Gasteiger partial charge is 0.351 e. The van der Waals surface area contributed by atoms with Crippen LogP contribution in [-0.2, 0) is 7.05 Å². The van der Waals surface area contributed by atoms with Gasteiger partial charge in [0.15, 0.2) is 4.77 Å². The van der Waals surface area contributed by atoms with Crippen molar-refractivity contribution in [3.63, 3.8) is 0 Å². The summed E-state index contributed by atoms with van der Waals surface area (Å²) in [5, 5.41) is 1.20. The lowest BCUT2D eigenvalue weighted by atomic mass is 10.1. The number of benzene rings is 1. The molecule has 0 spiro atoms. The molecule has 0 saturated heterocycles. The van der Waals surface area contributed by atoms with Crippen molar-refractivity contribution in [1.82, 2.24) is 14.2 Å². The molecule has 1 aromatic carbocycles. The van der Waals surface area contributed by atoms with Crippen LogP contribution in [0.2, 0.25) is 0 Å². The number of aromatic nitrogens is 3. The van der Waals surface area contributed by atoms with Gasteiger partial charge in [0.05, 0.1) is 11.9 Å². The fourth-order valence-electron chi connectivity index (χ4n) is 2.01. The van der Waals surface area contributed by atoms with E-state index in [1.165, 1.54) is 15.6 Å². The highest BCUT2D eigenvalue weighted by Crippen LogP contribution is 2.23. The molecule has 2 aromatic heterocycles. The van der Waals surface area contributed by atoms with Gasteiger partial charge in [0.1, 0.15) is 0 Å². The summed E-state index contributed by atoms with van der Waals surface area (Å²) < 4.78 is 4.03. The van der Waals surface area contributed by atoms with Gasteiger partial charge in [-0.1, -0.05) is 6.07 Å². The molecule has 86 valence electrons. The molecule has 2 heterocycles. The van der Waals surface area contributed by atoms with E-state index in [1.54, 1.807) is 6.20 Å². The maximum absolute atomic E-state index is 5.67. The van der Waals surface area contributed by atoms with Crippen molar-refractivity contribution in [3.8, 4) is 11.3 Å². The lowest BCUT2D eigenvalue weighted by Crippen LogP contribution is -2.05. The molecule has 3 N–H and O–H groups in total. The van der Waals surface area contributed by atoms with Crippen LogP contribution in [0.15, 0.2) is 36.7 Å². The van der Waals surface area contributed by atoms with Crippen LogP contribution in [0.4, 0.5) is 0 Å². The van der Waals surface area contributed by atoms with E-state index in [4.69, 9.17) is 18.1 Å². The van der Waals surface area contributed by atoms with E-state index in [2.05, 4.69) is 33.8 Å². The molecule has 17 heavy (non-hydrogen) atoms. The number of nitrogen functional groups attached to an aromatic ring is 1. The average molecular weight is 244 g/mol. The number of nitrogens with zero attached hydrogens (tertiary/aromatic N) is 2. The average Bonchev–Trinajstić information content (AvgIpc) is 2.84. The predicted molar refractivity (Wildman–Crippen MR) is 71.7 cm³/mol. The summed E-state index contributed by atoms with van der Waals surface area (Å²) in [6, 6.07) is 8.36. The van der Waals surface area contributed by atoms with E-state index in [0.29, 0.717) is 4.77 Å². The molecule has 0 aliphatic rings. The highest BCUT2D eigenvalue weighted by Gasteiger charge is 2.04. The summed E-state index contributed by atoms with van der Waals surface area (Å²) in [6.45, 7) is 0. The molecule has 0 radical (unpaired) electrons. The van der Waals surface area contributed by atoms with Crippen molar-refractivity contribution in [1.29, 1.82) is 0 Å². The molecular weight excluding hydrogens is 232 g/mol. The second-order valence-corrected chi connectivity index (χ2v) is 4.47. The number of aromatic amines is 1. The second kappa shape index (κ2) is 3.49. The van der Waals surface area contributed by atoms with Gasteiger partial charge >= 0.3 is 0 Å². The number of aryl methyl sites for hydroxylation is 1. The molecule has 0 aliphatic heterocycles. The Morgan fingerprint density at radius 3 is 2.82 bits per heavy atom. The highest BCUT2D eigenvalue weighted by atomic mass is 32.1. The van der Waals surface area contributed by atoms with Gasteiger partial charge in [-0.2, -0.15) is 0 Å². The number of hydrogen-bond donors (Lipinski definition) is 2. The molecule has 4 nitrogen and oxygen atoms in total. The molecule has 0 atom stereocenters. The summed E-state index contributed by atoms with van der Waals surface area (Å²) in [5.41, 5.74) is 3.22. The monoisotopic (exact) mass is 244 g/mol. The molecule has 0 amide bonds. The van der Waals surface area contributed by atoms with Gasteiger partial charge in [0.2, 0.25) is 0 Å². The fraction of sp³-hybridized carbons (Fsp3) is 0.0833. The van der Waals surface area contributed by atoms with Crippen LogP contribution in [0, 0.1) is 4.77 Å². The lowest BCUT2D eigenvalue weighted by molar-refractivity contribution is 0.969. The summed E-state index contributed by atoms with van der Waals surface area (Å²) in [5.74, 6) is 5.67. The molecule has 5 heteroatoms. The molecule has 3 aromatic rings. The molecule has 0 unspecified atom stereocenters. The molecule has 3 rings (SSSR count). The van der Waals surface area contributed by atoms with Crippen LogP contribution in [0.3, 0.4) is 0 Å². The second-order valence-electron chi connectivity index (χ2n) is 4.08. The normalized spacial score (nSPS) is 11.1. The Bertz CT molecular complexity index is 747. The number of imidazole rings is 1. The zero-order valence-electron chi connectivity index (χ0n) is 9.34. The summed E-state index contributed by atoms with van der Waals surface area (Å²) in [4.78, 5) is 3.08. The smallest absolute Gasteiger partial charge is 0.196 e. The number of nitrogens with one attached hydrogen (secondary N) is 1. The minimum Gasteiger partial charge on any atom is -0.351 e. The maximum atomic E-state index is 5.67. The number of fused-ring (bicyclic) bond motifs is 1. The van der Waals surface area contributed by atoms with Crippen molar-refractivity contribution in [2.24, 2.45) is 7.05 Å². The number of hydrogen-bond acceptors (Lipinski definition) is 2. The van der Waals surface area contributed by atoms with Crippen LogP contribution in [0.1, 0.15) is 0 Å². The number of nitrogens with two attached hydrogens (primary N) is 1. The molecule has 0 fully saturated rings. The first-order chi connectivity index (χ1) is 8.15. The van der Waals surface area contributed by atoms with Crippen molar-refractivity contribution in [2.45, 2.75) is 0 Å². The molecule has 0 bridgehead atoms. The third-order valence-corrected chi connectivity index (χ3v) is 3.25. The van der Waals surface area contributed by atoms with Gasteiger partial charge in [-0.3, -0.25) is 0 Å². The minimum atomic E-state index is 0.521. The SMILES string of the molecule is Cn1ccc2cc(-c3cn(N)c(=S)[nH]3)ccc21. The van der Waals surface area contributed by atoms with Crippen LogP contribution in [0.25, 0.3) is 22.2 Å². The Kier molecular flexibility index (Phi) is 2.09. The van der Waals surface area contributed by atoms with E-state index in [0.717, 1.165) is 11.3 Å².